The molecular weight excluding hydrogens is 390 g/mol. The van der Waals surface area contributed by atoms with Crippen LogP contribution < -0.4 is 10.6 Å². The highest BCUT2D eigenvalue weighted by Gasteiger charge is 2.15. The van der Waals surface area contributed by atoms with Gasteiger partial charge in [-0.3, -0.25) is 4.79 Å². The van der Waals surface area contributed by atoms with Crippen molar-refractivity contribution in [3.8, 4) is 0 Å². The number of carbonyl (C=O) groups excluding carboxylic acids is 1. The lowest BCUT2D eigenvalue weighted by Gasteiger charge is -2.19. The average molecular weight is 418 g/mol. The number of hydrogen-bond donors (Lipinski definition) is 2. The van der Waals surface area contributed by atoms with Crippen molar-refractivity contribution < 1.29 is 4.79 Å². The lowest BCUT2D eigenvalue weighted by atomic mass is 9.87. The van der Waals surface area contributed by atoms with E-state index in [2.05, 4.69) is 46.5 Å². The first kappa shape index (κ1) is 20.6. The Balaban J connectivity index is 1.45. The maximum atomic E-state index is 12.7. The SMILES string of the molecule is CC(C)(C)c1ccc(C(=O)Nc2cc(NCCCn3ccnc3)n3nccc3n2)cc1. The molecule has 8 nitrogen and oxygen atoms in total. The number of aromatic nitrogens is 5. The van der Waals surface area contributed by atoms with Crippen molar-refractivity contribution in [2.75, 3.05) is 17.2 Å². The minimum absolute atomic E-state index is 0.0437. The number of nitrogens with zero attached hydrogens (tertiary/aromatic N) is 5. The Morgan fingerprint density at radius 3 is 2.61 bits per heavy atom. The predicted octanol–water partition coefficient (Wildman–Crippen LogP) is 3.98. The van der Waals surface area contributed by atoms with Crippen molar-refractivity contribution >= 4 is 23.2 Å². The highest BCUT2D eigenvalue weighted by molar-refractivity contribution is 6.04. The van der Waals surface area contributed by atoms with Crippen LogP contribution in [0.5, 0.6) is 0 Å². The Labute approximate surface area is 181 Å². The molecule has 0 bridgehead atoms. The molecule has 2 N–H and O–H groups in total. The Morgan fingerprint density at radius 2 is 1.90 bits per heavy atom. The molecule has 160 valence electrons. The summed E-state index contributed by atoms with van der Waals surface area (Å²) < 4.78 is 3.76. The third-order valence-electron chi connectivity index (χ3n) is 5.07. The summed E-state index contributed by atoms with van der Waals surface area (Å²) in [6.45, 7) is 8.07. The molecule has 4 aromatic rings. The van der Waals surface area contributed by atoms with Gasteiger partial charge in [0, 0.05) is 43.2 Å². The van der Waals surface area contributed by atoms with Crippen molar-refractivity contribution in [3.05, 3.63) is 72.4 Å². The second-order valence-corrected chi connectivity index (χ2v) is 8.49. The van der Waals surface area contributed by atoms with E-state index in [4.69, 9.17) is 0 Å². The van der Waals surface area contributed by atoms with E-state index < -0.39 is 0 Å². The minimum atomic E-state index is -0.192. The van der Waals surface area contributed by atoms with E-state index in [-0.39, 0.29) is 11.3 Å². The van der Waals surface area contributed by atoms with Crippen LogP contribution in [0.1, 0.15) is 43.1 Å². The van der Waals surface area contributed by atoms with Gasteiger partial charge in [-0.15, -0.1) is 0 Å². The first-order chi connectivity index (χ1) is 14.9. The van der Waals surface area contributed by atoms with E-state index >= 15 is 0 Å². The number of hydrogen-bond acceptors (Lipinski definition) is 5. The monoisotopic (exact) mass is 417 g/mol. The summed E-state index contributed by atoms with van der Waals surface area (Å²) in [4.78, 5) is 21.3. The number of benzene rings is 1. The van der Waals surface area contributed by atoms with Gasteiger partial charge >= 0.3 is 0 Å². The maximum Gasteiger partial charge on any atom is 0.256 e. The Bertz CT molecular complexity index is 1160. The van der Waals surface area contributed by atoms with Gasteiger partial charge in [-0.25, -0.2) is 9.97 Å². The van der Waals surface area contributed by atoms with Crippen molar-refractivity contribution in [3.63, 3.8) is 0 Å². The van der Waals surface area contributed by atoms with E-state index in [0.29, 0.717) is 17.0 Å². The van der Waals surface area contributed by atoms with Crippen LogP contribution in [0.2, 0.25) is 0 Å². The third kappa shape index (κ3) is 4.91. The van der Waals surface area contributed by atoms with E-state index in [1.165, 1.54) is 5.56 Å². The van der Waals surface area contributed by atoms with E-state index in [0.717, 1.165) is 25.3 Å². The summed E-state index contributed by atoms with van der Waals surface area (Å²) in [7, 11) is 0. The third-order valence-corrected chi connectivity index (χ3v) is 5.07. The molecule has 0 aliphatic rings. The Hall–Kier alpha value is -3.68. The van der Waals surface area contributed by atoms with Crippen LogP contribution in [0, 0.1) is 0 Å². The van der Waals surface area contributed by atoms with Gasteiger partial charge < -0.3 is 15.2 Å². The molecule has 0 unspecified atom stereocenters. The molecule has 8 heteroatoms. The first-order valence-corrected chi connectivity index (χ1v) is 10.4. The van der Waals surface area contributed by atoms with Crippen LogP contribution in [0.3, 0.4) is 0 Å². The zero-order valence-electron chi connectivity index (χ0n) is 18.0. The van der Waals surface area contributed by atoms with Gasteiger partial charge in [-0.2, -0.15) is 9.61 Å². The van der Waals surface area contributed by atoms with Crippen molar-refractivity contribution in [2.45, 2.75) is 39.2 Å². The first-order valence-electron chi connectivity index (χ1n) is 10.4. The standard InChI is InChI=1S/C23H27N7O/c1-23(2,3)18-7-5-17(6-8-18)22(31)28-19-15-21(30-20(27-19)9-11-26-30)25-10-4-13-29-14-12-24-16-29/h5-9,11-12,14-16,25H,4,10,13H2,1-3H3,(H,27,28,31). The molecule has 0 aliphatic carbocycles. The molecule has 1 amide bonds. The van der Waals surface area contributed by atoms with Gasteiger partial charge in [0.2, 0.25) is 0 Å². The van der Waals surface area contributed by atoms with Crippen LogP contribution in [0.15, 0.2) is 61.3 Å². The normalized spacial score (nSPS) is 11.6. The molecule has 1 aromatic carbocycles. The number of nitrogens with one attached hydrogen (secondary N) is 2. The highest BCUT2D eigenvalue weighted by Crippen LogP contribution is 2.23. The number of aryl methyl sites for hydroxylation is 1. The number of rotatable bonds is 7. The zero-order valence-corrected chi connectivity index (χ0v) is 18.0. The summed E-state index contributed by atoms with van der Waals surface area (Å²) >= 11 is 0. The number of imidazole rings is 1. The maximum absolute atomic E-state index is 12.7. The Morgan fingerprint density at radius 1 is 1.10 bits per heavy atom. The van der Waals surface area contributed by atoms with E-state index in [1.54, 1.807) is 29.3 Å². The summed E-state index contributed by atoms with van der Waals surface area (Å²) in [5.41, 5.74) is 2.49. The number of fused-ring (bicyclic) bond motifs is 1. The lowest BCUT2D eigenvalue weighted by molar-refractivity contribution is 0.102. The number of carbonyl (C=O) groups is 1. The summed E-state index contributed by atoms with van der Waals surface area (Å²) in [5.74, 6) is 1.07. The molecule has 0 saturated carbocycles. The van der Waals surface area contributed by atoms with Crippen LogP contribution in [0.4, 0.5) is 11.6 Å². The molecule has 0 radical (unpaired) electrons. The summed E-state index contributed by atoms with van der Waals surface area (Å²) in [5, 5.41) is 10.6. The highest BCUT2D eigenvalue weighted by atomic mass is 16.1. The van der Waals surface area contributed by atoms with Crippen molar-refractivity contribution in [2.24, 2.45) is 0 Å². The fourth-order valence-corrected chi connectivity index (χ4v) is 3.31. The van der Waals surface area contributed by atoms with Gasteiger partial charge in [-0.1, -0.05) is 32.9 Å². The molecule has 3 aromatic heterocycles. The molecule has 0 aliphatic heterocycles. The largest absolute Gasteiger partial charge is 0.370 e. The molecule has 0 fully saturated rings. The van der Waals surface area contributed by atoms with Crippen molar-refractivity contribution in [1.82, 2.24) is 24.1 Å². The fraction of sp³-hybridized carbons (Fsp3) is 0.304. The van der Waals surface area contributed by atoms with Crippen LogP contribution in [-0.2, 0) is 12.0 Å². The molecule has 31 heavy (non-hydrogen) atoms. The molecule has 0 spiro atoms. The van der Waals surface area contributed by atoms with Crippen LogP contribution >= 0.6 is 0 Å². The van der Waals surface area contributed by atoms with Gasteiger partial charge in [0.05, 0.1) is 12.5 Å². The topological polar surface area (TPSA) is 89.1 Å². The molecule has 3 heterocycles. The predicted molar refractivity (Wildman–Crippen MR) is 121 cm³/mol. The quantitative estimate of drug-likeness (QED) is 0.444. The van der Waals surface area contributed by atoms with E-state index in [1.807, 2.05) is 41.1 Å². The average Bonchev–Trinajstić information content (AvgIpc) is 3.42. The smallest absolute Gasteiger partial charge is 0.256 e. The second-order valence-electron chi connectivity index (χ2n) is 8.49. The van der Waals surface area contributed by atoms with Gasteiger partial charge in [0.1, 0.15) is 11.6 Å². The zero-order chi connectivity index (χ0) is 21.8. The fourth-order valence-electron chi connectivity index (χ4n) is 3.31. The summed E-state index contributed by atoms with van der Waals surface area (Å²) in [6, 6.07) is 11.3. The number of anilines is 2. The minimum Gasteiger partial charge on any atom is -0.370 e. The summed E-state index contributed by atoms with van der Waals surface area (Å²) in [6.07, 6.45) is 8.13. The molecule has 0 saturated heterocycles. The molecule has 0 atom stereocenters. The van der Waals surface area contributed by atoms with Crippen LogP contribution in [-0.4, -0.2) is 36.6 Å². The van der Waals surface area contributed by atoms with Gasteiger partial charge in [-0.05, 0) is 29.5 Å². The molecular formula is C23H27N7O. The Kier molecular flexibility index (Phi) is 5.70. The van der Waals surface area contributed by atoms with Gasteiger partial charge in [0.25, 0.3) is 5.91 Å². The second kappa shape index (κ2) is 8.59. The van der Waals surface area contributed by atoms with E-state index in [9.17, 15) is 4.79 Å². The van der Waals surface area contributed by atoms with Crippen LogP contribution in [0.25, 0.3) is 5.65 Å². The van der Waals surface area contributed by atoms with Gasteiger partial charge in [0.15, 0.2) is 5.65 Å². The van der Waals surface area contributed by atoms with Crippen molar-refractivity contribution in [1.29, 1.82) is 0 Å². The molecule has 4 rings (SSSR count). The lowest BCUT2D eigenvalue weighted by Crippen LogP contribution is -2.16. The number of amides is 1.